The van der Waals surface area contributed by atoms with Crippen molar-refractivity contribution in [3.8, 4) is 5.75 Å². The summed E-state index contributed by atoms with van der Waals surface area (Å²) in [5.74, 6) is 0.215. The number of aryl methyl sites for hydroxylation is 3. The number of sulfonamides is 1. The van der Waals surface area contributed by atoms with E-state index in [0.717, 1.165) is 15.4 Å². The van der Waals surface area contributed by atoms with Gasteiger partial charge in [0.25, 0.3) is 0 Å². The molecule has 0 bridgehead atoms. The second kappa shape index (κ2) is 7.88. The molecule has 7 heteroatoms. The van der Waals surface area contributed by atoms with Crippen molar-refractivity contribution in [2.45, 2.75) is 25.7 Å². The summed E-state index contributed by atoms with van der Waals surface area (Å²) in [6.45, 7) is 5.35. The average Bonchev–Trinajstić information content (AvgIpc) is 2.57. The van der Waals surface area contributed by atoms with Gasteiger partial charge in [-0.2, -0.15) is 4.31 Å². The maximum absolute atomic E-state index is 12.7. The third-order valence-corrected chi connectivity index (χ3v) is 5.90. The van der Waals surface area contributed by atoms with Gasteiger partial charge in [-0.15, -0.1) is 0 Å². The van der Waals surface area contributed by atoms with E-state index in [0.29, 0.717) is 17.0 Å². The van der Waals surface area contributed by atoms with E-state index in [2.05, 4.69) is 5.32 Å². The molecule has 0 unspecified atom stereocenters. The van der Waals surface area contributed by atoms with E-state index in [1.54, 1.807) is 13.0 Å². The summed E-state index contributed by atoms with van der Waals surface area (Å²) in [5, 5.41) is 2.76. The Morgan fingerprint density at radius 2 is 1.77 bits per heavy atom. The SMILES string of the molecule is COc1ccc(S(=O)(=O)N(C)CC(=O)Nc2ccc(C)cc2C)cc1C. The molecule has 0 aliphatic carbocycles. The highest BCUT2D eigenvalue weighted by atomic mass is 32.2. The molecule has 6 nitrogen and oxygen atoms in total. The quantitative estimate of drug-likeness (QED) is 0.841. The van der Waals surface area contributed by atoms with Crippen molar-refractivity contribution in [2.24, 2.45) is 0 Å². The van der Waals surface area contributed by atoms with Gasteiger partial charge in [0.1, 0.15) is 5.75 Å². The number of methoxy groups -OCH3 is 1. The fraction of sp³-hybridized carbons (Fsp3) is 0.316. The Morgan fingerprint density at radius 3 is 2.35 bits per heavy atom. The number of nitrogens with one attached hydrogen (secondary N) is 1. The molecule has 0 atom stereocenters. The molecule has 140 valence electrons. The van der Waals surface area contributed by atoms with Gasteiger partial charge in [-0.3, -0.25) is 4.79 Å². The van der Waals surface area contributed by atoms with Gasteiger partial charge in [0, 0.05) is 12.7 Å². The van der Waals surface area contributed by atoms with Crippen LogP contribution in [0, 0.1) is 20.8 Å². The number of carbonyl (C=O) groups is 1. The molecule has 0 aromatic heterocycles. The summed E-state index contributed by atoms with van der Waals surface area (Å²) >= 11 is 0. The number of hydrogen-bond donors (Lipinski definition) is 1. The lowest BCUT2D eigenvalue weighted by Gasteiger charge is -2.18. The minimum atomic E-state index is -3.77. The first-order valence-corrected chi connectivity index (χ1v) is 9.57. The highest BCUT2D eigenvalue weighted by Crippen LogP contribution is 2.23. The molecule has 0 spiro atoms. The van der Waals surface area contributed by atoms with Gasteiger partial charge in [0.2, 0.25) is 15.9 Å². The lowest BCUT2D eigenvalue weighted by molar-refractivity contribution is -0.116. The van der Waals surface area contributed by atoms with E-state index < -0.39 is 15.9 Å². The summed E-state index contributed by atoms with van der Waals surface area (Å²) in [6.07, 6.45) is 0. The number of likely N-dealkylation sites (N-methyl/N-ethyl adjacent to an activating group) is 1. The van der Waals surface area contributed by atoms with Gasteiger partial charge in [0.05, 0.1) is 18.6 Å². The number of anilines is 1. The Morgan fingerprint density at radius 1 is 1.08 bits per heavy atom. The van der Waals surface area contributed by atoms with E-state index in [4.69, 9.17) is 4.74 Å². The predicted molar refractivity (Wildman–Crippen MR) is 102 cm³/mol. The number of ether oxygens (including phenoxy) is 1. The van der Waals surface area contributed by atoms with Crippen LogP contribution in [-0.4, -0.2) is 39.3 Å². The first-order chi connectivity index (χ1) is 12.1. The molecule has 1 N–H and O–H groups in total. The van der Waals surface area contributed by atoms with E-state index in [1.807, 2.05) is 32.0 Å². The maximum atomic E-state index is 12.7. The minimum absolute atomic E-state index is 0.123. The third kappa shape index (κ3) is 4.42. The third-order valence-electron chi connectivity index (χ3n) is 4.10. The van der Waals surface area contributed by atoms with Gasteiger partial charge in [-0.25, -0.2) is 8.42 Å². The first kappa shape index (κ1) is 19.9. The zero-order valence-corrected chi connectivity index (χ0v) is 16.5. The van der Waals surface area contributed by atoms with Crippen LogP contribution in [0.1, 0.15) is 16.7 Å². The predicted octanol–water partition coefficient (Wildman–Crippen LogP) is 2.88. The molecule has 0 radical (unpaired) electrons. The lowest BCUT2D eigenvalue weighted by atomic mass is 10.1. The van der Waals surface area contributed by atoms with Crippen LogP contribution in [0.3, 0.4) is 0 Å². The molecule has 0 heterocycles. The van der Waals surface area contributed by atoms with E-state index >= 15 is 0 Å². The van der Waals surface area contributed by atoms with E-state index in [-0.39, 0.29) is 11.4 Å². The Labute approximate surface area is 154 Å². The summed E-state index contributed by atoms with van der Waals surface area (Å²) < 4.78 is 31.6. The van der Waals surface area contributed by atoms with Crippen LogP contribution in [0.15, 0.2) is 41.3 Å². The van der Waals surface area contributed by atoms with Crippen LogP contribution in [0.2, 0.25) is 0 Å². The number of rotatable bonds is 6. The molecule has 0 aliphatic rings. The number of carbonyl (C=O) groups excluding carboxylic acids is 1. The molecule has 0 fully saturated rings. The molecule has 2 aromatic rings. The molecule has 0 aliphatic heterocycles. The molecule has 1 amide bonds. The van der Waals surface area contributed by atoms with Gasteiger partial charge in [0.15, 0.2) is 0 Å². The summed E-state index contributed by atoms with van der Waals surface area (Å²) in [6, 6.07) is 10.3. The van der Waals surface area contributed by atoms with Crippen LogP contribution in [0.4, 0.5) is 5.69 Å². The first-order valence-electron chi connectivity index (χ1n) is 8.13. The Hall–Kier alpha value is -2.38. The molecular formula is C19H24N2O4S. The fourth-order valence-corrected chi connectivity index (χ4v) is 3.83. The van der Waals surface area contributed by atoms with Gasteiger partial charge < -0.3 is 10.1 Å². The zero-order chi connectivity index (χ0) is 19.5. The van der Waals surface area contributed by atoms with Gasteiger partial charge in [-0.1, -0.05) is 17.7 Å². The van der Waals surface area contributed by atoms with Crippen molar-refractivity contribution >= 4 is 21.6 Å². The van der Waals surface area contributed by atoms with Crippen LogP contribution in [0.5, 0.6) is 5.75 Å². The van der Waals surface area contributed by atoms with Crippen molar-refractivity contribution in [1.82, 2.24) is 4.31 Å². The van der Waals surface area contributed by atoms with Crippen LogP contribution < -0.4 is 10.1 Å². The standard InChI is InChI=1S/C19H24N2O4S/c1-13-6-8-17(14(2)10-13)20-19(22)12-21(4)26(23,24)16-7-9-18(25-5)15(3)11-16/h6-11H,12H2,1-5H3,(H,20,22). The molecular weight excluding hydrogens is 352 g/mol. The molecule has 0 saturated heterocycles. The van der Waals surface area contributed by atoms with Gasteiger partial charge >= 0.3 is 0 Å². The van der Waals surface area contributed by atoms with Gasteiger partial charge in [-0.05, 0) is 56.2 Å². The van der Waals surface area contributed by atoms with Crippen molar-refractivity contribution in [1.29, 1.82) is 0 Å². The average molecular weight is 376 g/mol. The van der Waals surface area contributed by atoms with Crippen molar-refractivity contribution in [3.05, 3.63) is 53.1 Å². The second-order valence-corrected chi connectivity index (χ2v) is 8.30. The summed E-state index contributed by atoms with van der Waals surface area (Å²) in [4.78, 5) is 12.4. The topological polar surface area (TPSA) is 75.7 Å². The van der Waals surface area contributed by atoms with Crippen molar-refractivity contribution in [2.75, 3.05) is 26.0 Å². The molecule has 2 aromatic carbocycles. The number of hydrogen-bond acceptors (Lipinski definition) is 4. The summed E-state index contributed by atoms with van der Waals surface area (Å²) in [5.41, 5.74) is 3.40. The molecule has 26 heavy (non-hydrogen) atoms. The number of nitrogens with zero attached hydrogens (tertiary/aromatic N) is 1. The number of benzene rings is 2. The van der Waals surface area contributed by atoms with E-state index in [1.165, 1.54) is 26.3 Å². The lowest BCUT2D eigenvalue weighted by Crippen LogP contribution is -2.35. The highest BCUT2D eigenvalue weighted by molar-refractivity contribution is 7.89. The van der Waals surface area contributed by atoms with Crippen LogP contribution >= 0.6 is 0 Å². The smallest absolute Gasteiger partial charge is 0.243 e. The maximum Gasteiger partial charge on any atom is 0.243 e. The highest BCUT2D eigenvalue weighted by Gasteiger charge is 2.23. The minimum Gasteiger partial charge on any atom is -0.496 e. The zero-order valence-electron chi connectivity index (χ0n) is 15.7. The molecule has 0 saturated carbocycles. The Bertz CT molecular complexity index is 923. The van der Waals surface area contributed by atoms with Crippen molar-refractivity contribution in [3.63, 3.8) is 0 Å². The van der Waals surface area contributed by atoms with Crippen LogP contribution in [0.25, 0.3) is 0 Å². The number of amides is 1. The van der Waals surface area contributed by atoms with Crippen LogP contribution in [-0.2, 0) is 14.8 Å². The Balaban J connectivity index is 2.13. The van der Waals surface area contributed by atoms with Crippen molar-refractivity contribution < 1.29 is 17.9 Å². The second-order valence-electron chi connectivity index (χ2n) is 6.26. The Kier molecular flexibility index (Phi) is 6.05. The summed E-state index contributed by atoms with van der Waals surface area (Å²) in [7, 11) is -0.861. The fourth-order valence-electron chi connectivity index (χ4n) is 2.62. The molecule has 2 rings (SSSR count). The van der Waals surface area contributed by atoms with E-state index in [9.17, 15) is 13.2 Å². The largest absolute Gasteiger partial charge is 0.496 e. The monoisotopic (exact) mass is 376 g/mol. The normalized spacial score (nSPS) is 11.5.